The summed E-state index contributed by atoms with van der Waals surface area (Å²) in [7, 11) is 1.77. The molecular weight excluding hydrogens is 162 g/mol. The SMILES string of the molecule is COCC(C)C1(N)CC2CCC1C2. The second-order valence-electron chi connectivity index (χ2n) is 5.05. The number of hydrogen-bond acceptors (Lipinski definition) is 2. The molecule has 0 radical (unpaired) electrons. The highest BCUT2D eigenvalue weighted by molar-refractivity contribution is 5.06. The van der Waals surface area contributed by atoms with E-state index in [1.54, 1.807) is 7.11 Å². The molecule has 2 nitrogen and oxygen atoms in total. The number of hydrogen-bond donors (Lipinski definition) is 1. The normalized spacial score (nSPS) is 45.5. The van der Waals surface area contributed by atoms with Crippen molar-refractivity contribution in [3.8, 4) is 0 Å². The third kappa shape index (κ3) is 1.40. The van der Waals surface area contributed by atoms with E-state index in [-0.39, 0.29) is 5.54 Å². The second-order valence-corrected chi connectivity index (χ2v) is 5.05. The van der Waals surface area contributed by atoms with Gasteiger partial charge in [-0.1, -0.05) is 13.3 Å². The van der Waals surface area contributed by atoms with Crippen molar-refractivity contribution in [3.05, 3.63) is 0 Å². The quantitative estimate of drug-likeness (QED) is 0.724. The Balaban J connectivity index is 2.04. The van der Waals surface area contributed by atoms with Gasteiger partial charge < -0.3 is 10.5 Å². The summed E-state index contributed by atoms with van der Waals surface area (Å²) in [5.41, 5.74) is 6.59. The number of nitrogens with two attached hydrogens (primary N) is 1. The summed E-state index contributed by atoms with van der Waals surface area (Å²) in [6.45, 7) is 3.06. The van der Waals surface area contributed by atoms with Crippen molar-refractivity contribution in [2.45, 2.75) is 38.1 Å². The summed E-state index contributed by atoms with van der Waals surface area (Å²) in [5.74, 6) is 2.23. The van der Waals surface area contributed by atoms with Gasteiger partial charge in [0, 0.05) is 12.6 Å². The molecule has 0 saturated heterocycles. The monoisotopic (exact) mass is 183 g/mol. The summed E-state index contributed by atoms with van der Waals surface area (Å²) in [6.07, 6.45) is 5.39. The molecule has 0 amide bonds. The van der Waals surface area contributed by atoms with Crippen LogP contribution in [0.25, 0.3) is 0 Å². The van der Waals surface area contributed by atoms with Gasteiger partial charge in [-0.2, -0.15) is 0 Å². The van der Waals surface area contributed by atoms with Gasteiger partial charge in [0.2, 0.25) is 0 Å². The van der Waals surface area contributed by atoms with Crippen molar-refractivity contribution >= 4 is 0 Å². The first kappa shape index (κ1) is 9.47. The fraction of sp³-hybridized carbons (Fsp3) is 1.00. The molecule has 2 bridgehead atoms. The molecule has 0 aromatic heterocycles. The van der Waals surface area contributed by atoms with Gasteiger partial charge >= 0.3 is 0 Å². The molecule has 4 atom stereocenters. The van der Waals surface area contributed by atoms with Crippen LogP contribution in [0.2, 0.25) is 0 Å². The van der Waals surface area contributed by atoms with E-state index < -0.39 is 0 Å². The minimum Gasteiger partial charge on any atom is -0.384 e. The van der Waals surface area contributed by atoms with Crippen LogP contribution < -0.4 is 5.73 Å². The zero-order chi connectivity index (χ0) is 9.47. The van der Waals surface area contributed by atoms with E-state index in [0.29, 0.717) is 5.92 Å². The van der Waals surface area contributed by atoms with Gasteiger partial charge in [-0.3, -0.25) is 0 Å². The lowest BCUT2D eigenvalue weighted by Gasteiger charge is -2.39. The first-order valence-electron chi connectivity index (χ1n) is 5.44. The molecule has 2 N–H and O–H groups in total. The zero-order valence-corrected chi connectivity index (χ0v) is 8.75. The highest BCUT2D eigenvalue weighted by Gasteiger charge is 2.50. The van der Waals surface area contributed by atoms with Gasteiger partial charge in [-0.15, -0.1) is 0 Å². The van der Waals surface area contributed by atoms with Gasteiger partial charge in [-0.05, 0) is 37.0 Å². The Kier molecular flexibility index (Phi) is 2.37. The summed E-state index contributed by atoms with van der Waals surface area (Å²) in [4.78, 5) is 0. The molecule has 0 spiro atoms. The average molecular weight is 183 g/mol. The van der Waals surface area contributed by atoms with Crippen molar-refractivity contribution in [2.24, 2.45) is 23.5 Å². The van der Waals surface area contributed by atoms with Crippen LogP contribution in [-0.2, 0) is 4.74 Å². The maximum Gasteiger partial charge on any atom is 0.0505 e. The van der Waals surface area contributed by atoms with Gasteiger partial charge in [0.25, 0.3) is 0 Å². The lowest BCUT2D eigenvalue weighted by Crippen LogP contribution is -2.51. The Bertz CT molecular complexity index is 195. The van der Waals surface area contributed by atoms with Crippen molar-refractivity contribution in [1.82, 2.24) is 0 Å². The summed E-state index contributed by atoms with van der Waals surface area (Å²) in [6, 6.07) is 0. The molecule has 4 unspecified atom stereocenters. The molecule has 2 aliphatic carbocycles. The van der Waals surface area contributed by atoms with Crippen LogP contribution in [0.15, 0.2) is 0 Å². The number of fused-ring (bicyclic) bond motifs is 2. The smallest absolute Gasteiger partial charge is 0.0505 e. The molecule has 0 aromatic carbocycles. The van der Waals surface area contributed by atoms with Crippen LogP contribution in [0.1, 0.15) is 32.6 Å². The van der Waals surface area contributed by atoms with Crippen molar-refractivity contribution in [3.63, 3.8) is 0 Å². The molecule has 2 saturated carbocycles. The number of methoxy groups -OCH3 is 1. The molecule has 2 fully saturated rings. The Morgan fingerprint density at radius 2 is 2.31 bits per heavy atom. The molecule has 0 heterocycles. The third-order valence-electron chi connectivity index (χ3n) is 4.28. The molecular formula is C11H21NO. The van der Waals surface area contributed by atoms with Gasteiger partial charge in [-0.25, -0.2) is 0 Å². The van der Waals surface area contributed by atoms with Crippen LogP contribution in [0.5, 0.6) is 0 Å². The van der Waals surface area contributed by atoms with E-state index in [1.165, 1.54) is 25.7 Å². The number of rotatable bonds is 3. The van der Waals surface area contributed by atoms with E-state index in [9.17, 15) is 0 Å². The second kappa shape index (κ2) is 3.25. The van der Waals surface area contributed by atoms with E-state index in [2.05, 4.69) is 6.92 Å². The highest BCUT2D eigenvalue weighted by Crippen LogP contribution is 2.52. The van der Waals surface area contributed by atoms with Crippen LogP contribution in [0.4, 0.5) is 0 Å². The average Bonchev–Trinajstić information content (AvgIpc) is 2.64. The van der Waals surface area contributed by atoms with Crippen molar-refractivity contribution < 1.29 is 4.74 Å². The minimum atomic E-state index is 0.0962. The first-order valence-corrected chi connectivity index (χ1v) is 5.44. The summed E-state index contributed by atoms with van der Waals surface area (Å²) < 4.78 is 5.21. The Labute approximate surface area is 80.8 Å². The predicted octanol–water partition coefficient (Wildman–Crippen LogP) is 1.79. The van der Waals surface area contributed by atoms with E-state index in [4.69, 9.17) is 10.5 Å². The van der Waals surface area contributed by atoms with E-state index >= 15 is 0 Å². The fourth-order valence-corrected chi connectivity index (χ4v) is 3.42. The topological polar surface area (TPSA) is 35.2 Å². The molecule has 0 aromatic rings. The predicted molar refractivity (Wildman–Crippen MR) is 53.4 cm³/mol. The summed E-state index contributed by atoms with van der Waals surface area (Å²) in [5, 5.41) is 0. The van der Waals surface area contributed by atoms with Crippen LogP contribution in [-0.4, -0.2) is 19.3 Å². The molecule has 2 heteroatoms. The molecule has 0 aliphatic heterocycles. The van der Waals surface area contributed by atoms with Crippen LogP contribution in [0.3, 0.4) is 0 Å². The van der Waals surface area contributed by atoms with Crippen molar-refractivity contribution in [1.29, 1.82) is 0 Å². The first-order chi connectivity index (χ1) is 6.16. The van der Waals surface area contributed by atoms with Gasteiger partial charge in [0.05, 0.1) is 6.61 Å². The lowest BCUT2D eigenvalue weighted by atomic mass is 9.73. The number of ether oxygens (including phenoxy) is 1. The molecule has 2 aliphatic rings. The summed E-state index contributed by atoms with van der Waals surface area (Å²) >= 11 is 0. The lowest BCUT2D eigenvalue weighted by molar-refractivity contribution is 0.0864. The molecule has 13 heavy (non-hydrogen) atoms. The maximum absolute atomic E-state index is 6.49. The van der Waals surface area contributed by atoms with Crippen LogP contribution in [0, 0.1) is 17.8 Å². The standard InChI is InChI=1S/C11H21NO/c1-8(7-13-2)11(12)6-9-3-4-10(11)5-9/h8-10H,3-7,12H2,1-2H3. The molecule has 2 rings (SSSR count). The van der Waals surface area contributed by atoms with Crippen molar-refractivity contribution in [2.75, 3.05) is 13.7 Å². The minimum absolute atomic E-state index is 0.0962. The Hall–Kier alpha value is -0.0800. The third-order valence-corrected chi connectivity index (χ3v) is 4.28. The van der Waals surface area contributed by atoms with Gasteiger partial charge in [0.1, 0.15) is 0 Å². The highest BCUT2D eigenvalue weighted by atomic mass is 16.5. The van der Waals surface area contributed by atoms with Gasteiger partial charge in [0.15, 0.2) is 0 Å². The van der Waals surface area contributed by atoms with E-state index in [1.807, 2.05) is 0 Å². The largest absolute Gasteiger partial charge is 0.384 e. The Morgan fingerprint density at radius 3 is 2.77 bits per heavy atom. The van der Waals surface area contributed by atoms with Crippen LogP contribution >= 0.6 is 0 Å². The fourth-order valence-electron chi connectivity index (χ4n) is 3.42. The zero-order valence-electron chi connectivity index (χ0n) is 8.75. The van der Waals surface area contributed by atoms with E-state index in [0.717, 1.165) is 18.4 Å². The Morgan fingerprint density at radius 1 is 1.54 bits per heavy atom. The maximum atomic E-state index is 6.49. The molecule has 76 valence electrons.